The molecule has 22 heavy (non-hydrogen) atoms. The Morgan fingerprint density at radius 1 is 1.18 bits per heavy atom. The van der Waals surface area contributed by atoms with Crippen molar-refractivity contribution in [1.29, 1.82) is 0 Å². The van der Waals surface area contributed by atoms with Crippen LogP contribution in [-0.2, 0) is 6.42 Å². The van der Waals surface area contributed by atoms with Gasteiger partial charge in [-0.1, -0.05) is 12.1 Å². The van der Waals surface area contributed by atoms with E-state index in [1.54, 1.807) is 12.1 Å². The van der Waals surface area contributed by atoms with Crippen LogP contribution < -0.4 is 5.73 Å². The maximum atomic E-state index is 12.9. The summed E-state index contributed by atoms with van der Waals surface area (Å²) in [5.74, 6) is -0.332. The molecule has 7 heteroatoms. The first-order chi connectivity index (χ1) is 10.2. The van der Waals surface area contributed by atoms with Gasteiger partial charge in [0.25, 0.3) is 0 Å². The molecule has 1 aliphatic rings. The predicted molar refractivity (Wildman–Crippen MR) is 74.8 cm³/mol. The number of nitrogens with zero attached hydrogens (tertiary/aromatic N) is 1. The monoisotopic (exact) mass is 320 g/mol. The maximum absolute atomic E-state index is 12.9. The summed E-state index contributed by atoms with van der Waals surface area (Å²) < 4.78 is 51.3. The van der Waals surface area contributed by atoms with E-state index in [1.165, 1.54) is 12.1 Å². The van der Waals surface area contributed by atoms with Gasteiger partial charge in [0.05, 0.1) is 0 Å². The number of hydrogen-bond acceptors (Lipinski definition) is 3. The van der Waals surface area contributed by atoms with Crippen molar-refractivity contribution in [3.63, 3.8) is 0 Å². The van der Waals surface area contributed by atoms with Gasteiger partial charge in [0.1, 0.15) is 5.82 Å². The fourth-order valence-electron chi connectivity index (χ4n) is 2.80. The van der Waals surface area contributed by atoms with E-state index in [1.807, 2.05) is 4.90 Å². The van der Waals surface area contributed by atoms with Crippen LogP contribution in [0.4, 0.5) is 17.6 Å². The molecular weight excluding hydrogens is 300 g/mol. The Hall–Kier alpha value is -1.18. The van der Waals surface area contributed by atoms with Gasteiger partial charge < -0.3 is 10.8 Å². The van der Waals surface area contributed by atoms with Gasteiger partial charge in [0, 0.05) is 25.7 Å². The zero-order valence-electron chi connectivity index (χ0n) is 12.1. The average Bonchev–Trinajstić information content (AvgIpc) is 2.47. The van der Waals surface area contributed by atoms with E-state index < -0.39 is 11.8 Å². The van der Waals surface area contributed by atoms with Crippen LogP contribution in [0.5, 0.6) is 0 Å². The van der Waals surface area contributed by atoms with E-state index >= 15 is 0 Å². The molecule has 1 aliphatic heterocycles. The summed E-state index contributed by atoms with van der Waals surface area (Å²) in [5, 5.41) is 9.68. The molecule has 3 N–H and O–H groups in total. The minimum absolute atomic E-state index is 0.122. The minimum Gasteiger partial charge on any atom is -0.380 e. The second-order valence-electron chi connectivity index (χ2n) is 5.79. The molecule has 0 aliphatic carbocycles. The smallest absolute Gasteiger partial charge is 0.380 e. The lowest BCUT2D eigenvalue weighted by atomic mass is 9.89. The molecule has 0 amide bonds. The summed E-state index contributed by atoms with van der Waals surface area (Å²) in [5.41, 5.74) is 4.02. The average molecular weight is 320 g/mol. The number of benzene rings is 1. The van der Waals surface area contributed by atoms with Crippen LogP contribution in [0, 0.1) is 5.82 Å². The number of aliphatic hydroxyl groups is 1. The first-order valence-corrected chi connectivity index (χ1v) is 7.23. The fraction of sp³-hybridized carbons (Fsp3) is 0.600. The lowest BCUT2D eigenvalue weighted by molar-refractivity contribution is -0.273. The first-order valence-electron chi connectivity index (χ1n) is 7.23. The summed E-state index contributed by atoms with van der Waals surface area (Å²) in [6.07, 6.45) is -4.76. The van der Waals surface area contributed by atoms with E-state index in [9.17, 15) is 22.7 Å². The normalized spacial score (nSPS) is 20.8. The summed E-state index contributed by atoms with van der Waals surface area (Å²) in [4.78, 5) is 1.86. The van der Waals surface area contributed by atoms with Crippen molar-refractivity contribution in [3.05, 3.63) is 35.6 Å². The third-order valence-corrected chi connectivity index (χ3v) is 4.33. The molecule has 1 atom stereocenters. The van der Waals surface area contributed by atoms with E-state index in [2.05, 4.69) is 0 Å². The molecule has 0 bridgehead atoms. The van der Waals surface area contributed by atoms with E-state index in [4.69, 9.17) is 5.73 Å². The van der Waals surface area contributed by atoms with Gasteiger partial charge in [-0.3, -0.25) is 4.90 Å². The Morgan fingerprint density at radius 2 is 1.73 bits per heavy atom. The Labute approximate surface area is 126 Å². The topological polar surface area (TPSA) is 49.5 Å². The zero-order chi connectivity index (χ0) is 16.4. The summed E-state index contributed by atoms with van der Waals surface area (Å²) in [6.45, 7) is 0.569. The Bertz CT molecular complexity index is 481. The number of nitrogens with two attached hydrogens (primary N) is 1. The number of halogens is 4. The van der Waals surface area contributed by atoms with Gasteiger partial charge in [-0.25, -0.2) is 4.39 Å². The van der Waals surface area contributed by atoms with Crippen LogP contribution >= 0.6 is 0 Å². The van der Waals surface area contributed by atoms with Crippen LogP contribution in [0.2, 0.25) is 0 Å². The lowest BCUT2D eigenvalue weighted by Crippen LogP contribution is -2.56. The van der Waals surface area contributed by atoms with Crippen molar-refractivity contribution in [1.82, 2.24) is 4.90 Å². The lowest BCUT2D eigenvalue weighted by Gasteiger charge is -2.42. The summed E-state index contributed by atoms with van der Waals surface area (Å²) in [7, 11) is 0. The molecule has 0 aromatic heterocycles. The number of hydrogen-bond donors (Lipinski definition) is 2. The molecule has 0 spiro atoms. The highest BCUT2D eigenvalue weighted by Gasteiger charge is 2.54. The van der Waals surface area contributed by atoms with Crippen LogP contribution in [0.25, 0.3) is 0 Å². The highest BCUT2D eigenvalue weighted by atomic mass is 19.4. The second kappa shape index (κ2) is 6.52. The largest absolute Gasteiger partial charge is 0.417 e. The summed E-state index contributed by atoms with van der Waals surface area (Å²) in [6, 6.07) is 5.87. The van der Waals surface area contributed by atoms with E-state index in [0.29, 0.717) is 13.0 Å². The van der Waals surface area contributed by atoms with E-state index in [0.717, 1.165) is 5.56 Å². The SMILES string of the molecule is NC[C@H](Cc1ccc(F)cc1)N1CCC(O)(C(F)(F)F)CC1. The Kier molecular flexibility index (Phi) is 5.09. The van der Waals surface area contributed by atoms with Gasteiger partial charge in [0.15, 0.2) is 5.60 Å². The molecule has 1 fully saturated rings. The number of piperidine rings is 1. The quantitative estimate of drug-likeness (QED) is 0.835. The molecule has 124 valence electrons. The second-order valence-corrected chi connectivity index (χ2v) is 5.79. The third kappa shape index (κ3) is 3.77. The highest BCUT2D eigenvalue weighted by Crippen LogP contribution is 2.38. The zero-order valence-corrected chi connectivity index (χ0v) is 12.1. The standard InChI is InChI=1S/C15H20F4N2O/c16-12-3-1-11(2-4-12)9-13(10-20)21-7-5-14(22,6-8-21)15(17,18)19/h1-4,13,22H,5-10,20H2/t13-/m0/s1. The van der Waals surface area contributed by atoms with Gasteiger partial charge >= 0.3 is 6.18 Å². The van der Waals surface area contributed by atoms with Crippen LogP contribution in [0.1, 0.15) is 18.4 Å². The van der Waals surface area contributed by atoms with Crippen molar-refractivity contribution in [2.75, 3.05) is 19.6 Å². The molecular formula is C15H20F4N2O. The molecule has 1 aromatic rings. The van der Waals surface area contributed by atoms with Crippen molar-refractivity contribution in [2.45, 2.75) is 37.1 Å². The van der Waals surface area contributed by atoms with Crippen molar-refractivity contribution in [3.8, 4) is 0 Å². The highest BCUT2D eigenvalue weighted by molar-refractivity contribution is 5.17. The van der Waals surface area contributed by atoms with E-state index in [-0.39, 0.29) is 37.8 Å². The molecule has 1 saturated heterocycles. The molecule has 1 heterocycles. The first kappa shape index (κ1) is 17.2. The molecule has 0 saturated carbocycles. The fourth-order valence-corrected chi connectivity index (χ4v) is 2.80. The number of likely N-dealkylation sites (tertiary alicyclic amines) is 1. The Morgan fingerprint density at radius 3 is 2.18 bits per heavy atom. The molecule has 0 radical (unpaired) electrons. The van der Waals surface area contributed by atoms with Crippen LogP contribution in [0.15, 0.2) is 24.3 Å². The third-order valence-electron chi connectivity index (χ3n) is 4.33. The van der Waals surface area contributed by atoms with Gasteiger partial charge in [-0.15, -0.1) is 0 Å². The van der Waals surface area contributed by atoms with Gasteiger partial charge in [0.2, 0.25) is 0 Å². The van der Waals surface area contributed by atoms with Crippen molar-refractivity contribution >= 4 is 0 Å². The number of alkyl halides is 3. The van der Waals surface area contributed by atoms with Crippen LogP contribution in [0.3, 0.4) is 0 Å². The summed E-state index contributed by atoms with van der Waals surface area (Å²) >= 11 is 0. The minimum atomic E-state index is -4.60. The molecule has 0 unspecified atom stereocenters. The molecule has 2 rings (SSSR count). The van der Waals surface area contributed by atoms with Crippen LogP contribution in [-0.4, -0.2) is 47.5 Å². The van der Waals surface area contributed by atoms with Gasteiger partial charge in [-0.2, -0.15) is 13.2 Å². The van der Waals surface area contributed by atoms with Crippen molar-refractivity contribution in [2.24, 2.45) is 5.73 Å². The molecule has 1 aromatic carbocycles. The molecule has 3 nitrogen and oxygen atoms in total. The predicted octanol–water partition coefficient (Wildman–Crippen LogP) is 2.08. The Balaban J connectivity index is 1.97. The maximum Gasteiger partial charge on any atom is 0.417 e. The van der Waals surface area contributed by atoms with Gasteiger partial charge in [-0.05, 0) is 37.0 Å². The van der Waals surface area contributed by atoms with Crippen molar-refractivity contribution < 1.29 is 22.7 Å². The number of rotatable bonds is 4.